The van der Waals surface area contributed by atoms with Gasteiger partial charge in [-0.1, -0.05) is 41.6 Å². The molecule has 1 saturated heterocycles. The zero-order chi connectivity index (χ0) is 24.9. The van der Waals surface area contributed by atoms with Crippen LogP contribution in [0.2, 0.25) is 0 Å². The van der Waals surface area contributed by atoms with Crippen molar-refractivity contribution in [2.24, 2.45) is 0 Å². The van der Waals surface area contributed by atoms with Crippen molar-refractivity contribution in [3.63, 3.8) is 0 Å². The average Bonchev–Trinajstić information content (AvgIpc) is 3.60. The Kier molecular flexibility index (Phi) is 7.41. The summed E-state index contributed by atoms with van der Waals surface area (Å²) in [6.07, 6.45) is 1.79. The number of carbonyl (C=O) groups is 1. The molecule has 5 rings (SSSR count). The quantitative estimate of drug-likeness (QED) is 0.359. The molecule has 1 fully saturated rings. The molecule has 0 aliphatic carbocycles. The first-order valence-electron chi connectivity index (χ1n) is 11.8. The molecule has 1 aliphatic rings. The maximum absolute atomic E-state index is 12.3. The van der Waals surface area contributed by atoms with Crippen molar-refractivity contribution in [3.05, 3.63) is 100 Å². The third kappa shape index (κ3) is 5.48. The molecule has 0 saturated carbocycles. The fraction of sp³-hybridized carbons (Fsp3) is 0.296. The van der Waals surface area contributed by atoms with Crippen LogP contribution in [-0.4, -0.2) is 50.7 Å². The maximum atomic E-state index is 12.3. The molecule has 9 heteroatoms. The molecule has 1 N–H and O–H groups in total. The third-order valence-electron chi connectivity index (χ3n) is 6.47. The Bertz CT molecular complexity index is 1260. The number of thiophene rings is 1. The number of hydrogen-bond acceptors (Lipinski definition) is 8. The summed E-state index contributed by atoms with van der Waals surface area (Å²) in [5.74, 6) is 0.397. The molecule has 3 heterocycles. The smallest absolute Gasteiger partial charge is 0.338 e. The molecule has 0 spiro atoms. The molecule has 0 amide bonds. The highest BCUT2D eigenvalue weighted by atomic mass is 32.1. The molecule has 2 aromatic carbocycles. The topological polar surface area (TPSA) is 89.7 Å². The van der Waals surface area contributed by atoms with Gasteiger partial charge in [-0.2, -0.15) is 0 Å². The van der Waals surface area contributed by atoms with E-state index in [0.29, 0.717) is 24.2 Å². The number of benzene rings is 2. The minimum atomic E-state index is -0.624. The third-order valence-corrected chi connectivity index (χ3v) is 7.33. The zero-order valence-corrected chi connectivity index (χ0v) is 20.8. The van der Waals surface area contributed by atoms with E-state index in [9.17, 15) is 9.90 Å². The average molecular weight is 505 g/mol. The van der Waals surface area contributed by atoms with Crippen molar-refractivity contribution in [3.8, 4) is 5.75 Å². The van der Waals surface area contributed by atoms with Gasteiger partial charge in [-0.05, 0) is 47.7 Å². The van der Waals surface area contributed by atoms with Gasteiger partial charge in [-0.25, -0.2) is 9.48 Å². The number of aliphatic hydroxyl groups is 1. The Morgan fingerprint density at radius 1 is 1.11 bits per heavy atom. The van der Waals surface area contributed by atoms with Crippen molar-refractivity contribution in [2.75, 3.05) is 13.7 Å². The lowest BCUT2D eigenvalue weighted by Crippen LogP contribution is -2.46. The number of piperidine rings is 1. The van der Waals surface area contributed by atoms with Crippen LogP contribution in [0.4, 0.5) is 0 Å². The van der Waals surface area contributed by atoms with E-state index < -0.39 is 12.1 Å². The first kappa shape index (κ1) is 24.2. The SMILES string of the molecule is COc1ccc([C@H]2C[C@H](n3cc(COC(=O)c4ccccc4)nn3)[C@@H](O)CN2Cc2cccs2)cc1. The van der Waals surface area contributed by atoms with Gasteiger partial charge in [0.2, 0.25) is 0 Å². The van der Waals surface area contributed by atoms with E-state index in [1.807, 2.05) is 24.3 Å². The molecule has 4 aromatic rings. The van der Waals surface area contributed by atoms with Crippen LogP contribution in [0.3, 0.4) is 0 Å². The van der Waals surface area contributed by atoms with E-state index in [1.54, 1.807) is 53.6 Å². The minimum Gasteiger partial charge on any atom is -0.497 e. The number of likely N-dealkylation sites (tertiary alicyclic amines) is 1. The van der Waals surface area contributed by atoms with Gasteiger partial charge in [0.25, 0.3) is 0 Å². The molecule has 0 bridgehead atoms. The summed E-state index contributed by atoms with van der Waals surface area (Å²) in [6.45, 7) is 1.27. The summed E-state index contributed by atoms with van der Waals surface area (Å²) in [5, 5.41) is 21.6. The number of nitrogens with zero attached hydrogens (tertiary/aromatic N) is 4. The van der Waals surface area contributed by atoms with E-state index in [4.69, 9.17) is 9.47 Å². The lowest BCUT2D eigenvalue weighted by molar-refractivity contribution is -0.0131. The normalized spacial score (nSPS) is 20.2. The van der Waals surface area contributed by atoms with Crippen molar-refractivity contribution >= 4 is 17.3 Å². The number of esters is 1. The first-order valence-corrected chi connectivity index (χ1v) is 12.7. The second-order valence-corrected chi connectivity index (χ2v) is 9.83. The molecule has 0 unspecified atom stereocenters. The highest BCUT2D eigenvalue weighted by Gasteiger charge is 2.37. The molecule has 0 radical (unpaired) electrons. The minimum absolute atomic E-state index is 0.0168. The zero-order valence-electron chi connectivity index (χ0n) is 19.9. The predicted molar refractivity (Wildman–Crippen MR) is 136 cm³/mol. The Morgan fingerprint density at radius 3 is 2.64 bits per heavy atom. The number of carbonyl (C=O) groups excluding carboxylic acids is 1. The Labute approximate surface area is 213 Å². The van der Waals surface area contributed by atoms with Gasteiger partial charge in [-0.3, -0.25) is 4.90 Å². The number of aromatic nitrogens is 3. The van der Waals surface area contributed by atoms with Crippen molar-refractivity contribution < 1.29 is 19.4 Å². The van der Waals surface area contributed by atoms with Crippen molar-refractivity contribution in [1.82, 2.24) is 19.9 Å². The summed E-state index contributed by atoms with van der Waals surface area (Å²) in [6, 6.07) is 20.9. The number of ether oxygens (including phenoxy) is 2. The van der Waals surface area contributed by atoms with Gasteiger partial charge < -0.3 is 14.6 Å². The second kappa shape index (κ2) is 11.0. The molecule has 3 atom stereocenters. The van der Waals surface area contributed by atoms with E-state index in [-0.39, 0.29) is 18.7 Å². The van der Waals surface area contributed by atoms with E-state index in [1.165, 1.54) is 4.88 Å². The summed E-state index contributed by atoms with van der Waals surface area (Å²) in [7, 11) is 1.66. The Morgan fingerprint density at radius 2 is 1.92 bits per heavy atom. The van der Waals surface area contributed by atoms with Crippen LogP contribution in [0.5, 0.6) is 5.75 Å². The van der Waals surface area contributed by atoms with E-state index >= 15 is 0 Å². The van der Waals surface area contributed by atoms with Gasteiger partial charge in [0.1, 0.15) is 18.1 Å². The van der Waals surface area contributed by atoms with E-state index in [0.717, 1.165) is 17.9 Å². The molecule has 2 aromatic heterocycles. The second-order valence-electron chi connectivity index (χ2n) is 8.80. The molecular weight excluding hydrogens is 476 g/mol. The summed E-state index contributed by atoms with van der Waals surface area (Å²) in [5.41, 5.74) is 2.18. The van der Waals surface area contributed by atoms with Gasteiger partial charge in [0.15, 0.2) is 0 Å². The van der Waals surface area contributed by atoms with Crippen LogP contribution in [0.25, 0.3) is 0 Å². The molecular formula is C27H28N4O4S. The fourth-order valence-corrected chi connectivity index (χ4v) is 5.33. The van der Waals surface area contributed by atoms with Crippen LogP contribution in [0, 0.1) is 0 Å². The van der Waals surface area contributed by atoms with E-state index in [2.05, 4.69) is 38.8 Å². The summed E-state index contributed by atoms with van der Waals surface area (Å²) < 4.78 is 12.4. The standard InChI is InChI=1S/C27H28N4O4S/c1-34-22-11-9-19(10-12-22)24-14-25(26(32)17-30(24)16-23-8-5-13-36-23)31-15-21(28-29-31)18-35-27(33)20-6-3-2-4-7-20/h2-13,15,24-26,32H,14,16-18H2,1H3/t24-,25+,26+/m1/s1. The lowest BCUT2D eigenvalue weighted by atomic mass is 9.90. The lowest BCUT2D eigenvalue weighted by Gasteiger charge is -2.42. The largest absolute Gasteiger partial charge is 0.497 e. The predicted octanol–water partition coefficient (Wildman–Crippen LogP) is 4.25. The number of rotatable bonds is 8. The molecule has 186 valence electrons. The van der Waals surface area contributed by atoms with Crippen molar-refractivity contribution in [2.45, 2.75) is 37.8 Å². The van der Waals surface area contributed by atoms with Crippen LogP contribution < -0.4 is 4.74 Å². The van der Waals surface area contributed by atoms with Crippen LogP contribution in [0.1, 0.15) is 45.0 Å². The van der Waals surface area contributed by atoms with Gasteiger partial charge in [0, 0.05) is 24.0 Å². The van der Waals surface area contributed by atoms with Gasteiger partial charge >= 0.3 is 5.97 Å². The Balaban J connectivity index is 1.31. The Hall–Kier alpha value is -3.53. The number of aliphatic hydroxyl groups excluding tert-OH is 1. The fourth-order valence-electron chi connectivity index (χ4n) is 4.60. The van der Waals surface area contributed by atoms with Crippen LogP contribution in [0.15, 0.2) is 78.3 Å². The van der Waals surface area contributed by atoms with Crippen LogP contribution >= 0.6 is 11.3 Å². The molecule has 1 aliphatic heterocycles. The summed E-state index contributed by atoms with van der Waals surface area (Å²) in [4.78, 5) is 15.8. The molecule has 8 nitrogen and oxygen atoms in total. The molecule has 36 heavy (non-hydrogen) atoms. The summed E-state index contributed by atoms with van der Waals surface area (Å²) >= 11 is 1.72. The highest BCUT2D eigenvalue weighted by Crippen LogP contribution is 2.38. The maximum Gasteiger partial charge on any atom is 0.338 e. The van der Waals surface area contributed by atoms with Crippen LogP contribution in [-0.2, 0) is 17.9 Å². The monoisotopic (exact) mass is 504 g/mol. The highest BCUT2D eigenvalue weighted by molar-refractivity contribution is 7.09. The van der Waals surface area contributed by atoms with Gasteiger partial charge in [0.05, 0.1) is 31.0 Å². The number of β-amino-alcohol motifs (C(OH)–C–C–N with tert-alkyl or cyclic N) is 1. The van der Waals surface area contributed by atoms with Crippen molar-refractivity contribution in [1.29, 1.82) is 0 Å². The number of hydrogen-bond donors (Lipinski definition) is 1. The first-order chi connectivity index (χ1) is 17.6. The number of methoxy groups -OCH3 is 1. The van der Waals surface area contributed by atoms with Gasteiger partial charge in [-0.15, -0.1) is 16.4 Å².